The quantitative estimate of drug-likeness (QED) is 0.0820. The number of nitrogens with one attached hydrogen (secondary N) is 4. The lowest BCUT2D eigenvalue weighted by Crippen LogP contribution is -2.57. The minimum Gasteiger partial charge on any atom is -0.481 e. The van der Waals surface area contributed by atoms with Gasteiger partial charge >= 0.3 is 5.97 Å². The van der Waals surface area contributed by atoms with Gasteiger partial charge in [-0.2, -0.15) is 0 Å². The zero-order chi connectivity index (χ0) is 26.1. The number of carboxylic acid groups (broad SMARTS) is 1. The first-order valence-corrected chi connectivity index (χ1v) is 11.3. The van der Waals surface area contributed by atoms with Gasteiger partial charge in [0.05, 0.1) is 19.1 Å². The lowest BCUT2D eigenvalue weighted by atomic mass is 9.97. The van der Waals surface area contributed by atoms with Crippen molar-refractivity contribution >= 4 is 35.9 Å². The van der Waals surface area contributed by atoms with Gasteiger partial charge in [0.25, 0.3) is 0 Å². The molecule has 13 heteroatoms. The SMILES string of the molecule is CC[C@H](C)[C@H](NC(=O)[C@H](CCCCN)NC(=O)[C@@H](N)CCC(=O)O)C(=O)NCC(=O)NCC=O. The molecule has 0 saturated heterocycles. The highest BCUT2D eigenvalue weighted by atomic mass is 16.4. The highest BCUT2D eigenvalue weighted by Gasteiger charge is 2.30. The molecule has 0 aromatic carbocycles. The van der Waals surface area contributed by atoms with E-state index in [2.05, 4.69) is 21.3 Å². The first kappa shape index (κ1) is 30.9. The Morgan fingerprint density at radius 3 is 2.21 bits per heavy atom. The summed E-state index contributed by atoms with van der Waals surface area (Å²) in [6.45, 7) is 3.42. The normalized spacial score (nSPS) is 14.1. The molecule has 0 radical (unpaired) electrons. The number of unbranched alkanes of at least 4 members (excludes halogenated alkanes) is 1. The van der Waals surface area contributed by atoms with E-state index in [1.54, 1.807) is 6.92 Å². The van der Waals surface area contributed by atoms with E-state index in [0.717, 1.165) is 0 Å². The molecule has 0 aliphatic carbocycles. The Morgan fingerprint density at radius 1 is 0.971 bits per heavy atom. The fourth-order valence-corrected chi connectivity index (χ4v) is 2.90. The molecule has 0 unspecified atom stereocenters. The standard InChI is InChI=1S/C21H38N6O7/c1-3-13(2)18(21(34)25-12-16(29)24-10-11-28)27-20(33)15(6-4-5-9-22)26-19(32)14(23)7-8-17(30)31/h11,13-15,18H,3-10,12,22-23H2,1-2H3,(H,24,29)(H,25,34)(H,26,32)(H,27,33)(H,30,31)/t13-,14-,15-,18-/m0/s1. The zero-order valence-corrected chi connectivity index (χ0v) is 19.8. The van der Waals surface area contributed by atoms with Crippen molar-refractivity contribution in [3.8, 4) is 0 Å². The van der Waals surface area contributed by atoms with Crippen LogP contribution in [-0.4, -0.2) is 78.8 Å². The first-order chi connectivity index (χ1) is 16.1. The van der Waals surface area contributed by atoms with Crippen LogP contribution in [0.25, 0.3) is 0 Å². The van der Waals surface area contributed by atoms with E-state index in [9.17, 15) is 28.8 Å². The number of hydrogen-bond acceptors (Lipinski definition) is 8. The maximum Gasteiger partial charge on any atom is 0.303 e. The van der Waals surface area contributed by atoms with Gasteiger partial charge in [0.15, 0.2) is 0 Å². The average Bonchev–Trinajstić information content (AvgIpc) is 2.81. The average molecular weight is 487 g/mol. The number of nitrogens with two attached hydrogens (primary N) is 2. The molecule has 194 valence electrons. The van der Waals surface area contributed by atoms with Crippen LogP contribution in [-0.2, 0) is 28.8 Å². The minimum absolute atomic E-state index is 0.0949. The molecule has 0 heterocycles. The van der Waals surface area contributed by atoms with Crippen molar-refractivity contribution in [1.29, 1.82) is 0 Å². The summed E-state index contributed by atoms with van der Waals surface area (Å²) in [5, 5.41) is 18.7. The summed E-state index contributed by atoms with van der Waals surface area (Å²) in [7, 11) is 0. The molecule has 0 fully saturated rings. The third kappa shape index (κ3) is 12.8. The van der Waals surface area contributed by atoms with Crippen molar-refractivity contribution in [3.05, 3.63) is 0 Å². The third-order valence-corrected chi connectivity index (χ3v) is 5.18. The molecule has 4 amide bonds. The van der Waals surface area contributed by atoms with Gasteiger partial charge in [-0.3, -0.25) is 24.0 Å². The van der Waals surface area contributed by atoms with E-state index >= 15 is 0 Å². The number of carbonyl (C=O) groups excluding carboxylic acids is 5. The van der Waals surface area contributed by atoms with Crippen LogP contribution >= 0.6 is 0 Å². The molecule has 0 aromatic heterocycles. The smallest absolute Gasteiger partial charge is 0.303 e. The summed E-state index contributed by atoms with van der Waals surface area (Å²) in [5.74, 6) is -3.82. The van der Waals surface area contributed by atoms with Crippen molar-refractivity contribution < 1.29 is 33.9 Å². The van der Waals surface area contributed by atoms with Crippen molar-refractivity contribution in [2.45, 2.75) is 70.5 Å². The number of carboxylic acids is 1. The number of aldehydes is 1. The molecule has 0 spiro atoms. The van der Waals surface area contributed by atoms with Gasteiger partial charge in [-0.1, -0.05) is 20.3 Å². The van der Waals surface area contributed by atoms with E-state index < -0.39 is 47.7 Å². The zero-order valence-electron chi connectivity index (χ0n) is 19.8. The van der Waals surface area contributed by atoms with Gasteiger partial charge < -0.3 is 42.6 Å². The van der Waals surface area contributed by atoms with Gasteiger partial charge in [-0.15, -0.1) is 0 Å². The Bertz CT molecular complexity index is 703. The van der Waals surface area contributed by atoms with Gasteiger partial charge in [-0.05, 0) is 38.1 Å². The Kier molecular flexibility index (Phi) is 15.9. The number of aliphatic carboxylic acids is 1. The molecule has 4 atom stereocenters. The second-order valence-corrected chi connectivity index (χ2v) is 7.94. The molecule has 0 aliphatic rings. The molecular weight excluding hydrogens is 448 g/mol. The Morgan fingerprint density at radius 2 is 1.65 bits per heavy atom. The van der Waals surface area contributed by atoms with Crippen LogP contribution in [0.4, 0.5) is 0 Å². The number of hydrogen-bond donors (Lipinski definition) is 7. The number of amides is 4. The van der Waals surface area contributed by atoms with E-state index in [-0.39, 0.29) is 38.3 Å². The van der Waals surface area contributed by atoms with Crippen LogP contribution in [0.15, 0.2) is 0 Å². The van der Waals surface area contributed by atoms with Gasteiger partial charge in [0, 0.05) is 6.42 Å². The van der Waals surface area contributed by atoms with E-state index in [1.807, 2.05) is 6.92 Å². The van der Waals surface area contributed by atoms with Crippen molar-refractivity contribution in [2.75, 3.05) is 19.6 Å². The summed E-state index contributed by atoms with van der Waals surface area (Å²) in [6, 6.07) is -3.10. The molecule has 13 nitrogen and oxygen atoms in total. The molecule has 0 rings (SSSR count). The second-order valence-electron chi connectivity index (χ2n) is 7.94. The largest absolute Gasteiger partial charge is 0.481 e. The summed E-state index contributed by atoms with van der Waals surface area (Å²) >= 11 is 0. The van der Waals surface area contributed by atoms with E-state index in [1.165, 1.54) is 0 Å². The van der Waals surface area contributed by atoms with Crippen molar-refractivity contribution in [2.24, 2.45) is 17.4 Å². The molecule has 0 bridgehead atoms. The number of carbonyl (C=O) groups is 6. The van der Waals surface area contributed by atoms with Crippen molar-refractivity contribution in [3.63, 3.8) is 0 Å². The predicted octanol–water partition coefficient (Wildman–Crippen LogP) is -2.25. The van der Waals surface area contributed by atoms with Crippen LogP contribution < -0.4 is 32.7 Å². The fourth-order valence-electron chi connectivity index (χ4n) is 2.90. The Balaban J connectivity index is 5.28. The van der Waals surface area contributed by atoms with Crippen LogP contribution in [0.5, 0.6) is 0 Å². The molecule has 34 heavy (non-hydrogen) atoms. The fraction of sp³-hybridized carbons (Fsp3) is 0.714. The second kappa shape index (κ2) is 17.4. The molecule has 0 aromatic rings. The van der Waals surface area contributed by atoms with E-state index in [0.29, 0.717) is 32.1 Å². The molecule has 9 N–H and O–H groups in total. The monoisotopic (exact) mass is 486 g/mol. The Labute approximate surface area is 199 Å². The predicted molar refractivity (Wildman–Crippen MR) is 123 cm³/mol. The highest BCUT2D eigenvalue weighted by molar-refractivity contribution is 5.94. The maximum atomic E-state index is 13.0. The summed E-state index contributed by atoms with van der Waals surface area (Å²) < 4.78 is 0. The third-order valence-electron chi connectivity index (χ3n) is 5.18. The summed E-state index contributed by atoms with van der Waals surface area (Å²) in [4.78, 5) is 70.7. The summed E-state index contributed by atoms with van der Waals surface area (Å²) in [6.07, 6.45) is 2.03. The summed E-state index contributed by atoms with van der Waals surface area (Å²) in [5.41, 5.74) is 11.2. The van der Waals surface area contributed by atoms with Gasteiger partial charge in [0.1, 0.15) is 18.4 Å². The van der Waals surface area contributed by atoms with Crippen LogP contribution in [0, 0.1) is 5.92 Å². The molecular formula is C21H38N6O7. The van der Waals surface area contributed by atoms with Gasteiger partial charge in [-0.25, -0.2) is 0 Å². The van der Waals surface area contributed by atoms with E-state index in [4.69, 9.17) is 16.6 Å². The van der Waals surface area contributed by atoms with Crippen LogP contribution in [0.2, 0.25) is 0 Å². The Hall–Kier alpha value is -3.06. The first-order valence-electron chi connectivity index (χ1n) is 11.3. The lowest BCUT2D eigenvalue weighted by Gasteiger charge is -2.27. The maximum absolute atomic E-state index is 13.0. The highest BCUT2D eigenvalue weighted by Crippen LogP contribution is 2.10. The minimum atomic E-state index is -1.11. The van der Waals surface area contributed by atoms with Crippen molar-refractivity contribution in [1.82, 2.24) is 21.3 Å². The topological polar surface area (TPSA) is 223 Å². The van der Waals surface area contributed by atoms with Gasteiger partial charge in [0.2, 0.25) is 23.6 Å². The van der Waals surface area contributed by atoms with Crippen LogP contribution in [0.3, 0.4) is 0 Å². The lowest BCUT2D eigenvalue weighted by molar-refractivity contribution is -0.137. The number of rotatable bonds is 18. The molecule has 0 saturated carbocycles. The van der Waals surface area contributed by atoms with Crippen LogP contribution in [0.1, 0.15) is 52.4 Å². The molecule has 0 aliphatic heterocycles.